The van der Waals surface area contributed by atoms with Gasteiger partial charge in [0.05, 0.1) is 19.8 Å². The van der Waals surface area contributed by atoms with E-state index < -0.39 is 43.4 Å². The second kappa shape index (κ2) is 32.8. The minimum absolute atomic E-state index is 0.112. The van der Waals surface area contributed by atoms with Crippen molar-refractivity contribution in [2.75, 3.05) is 26.4 Å². The van der Waals surface area contributed by atoms with Gasteiger partial charge in [-0.2, -0.15) is 0 Å². The molecule has 0 aromatic carbocycles. The van der Waals surface area contributed by atoms with Gasteiger partial charge >= 0.3 is 5.97 Å². The first-order valence-electron chi connectivity index (χ1n) is 20.3. The molecular weight excluding hydrogens is 624 g/mol. The number of allylic oxidation sites excluding steroid dienone is 2. The van der Waals surface area contributed by atoms with Crippen LogP contribution in [0.3, 0.4) is 0 Å². The Balaban J connectivity index is 2.31. The molecule has 0 radical (unpaired) electrons. The minimum Gasteiger partial charge on any atom is -0.457 e. The predicted molar refractivity (Wildman–Crippen MR) is 196 cm³/mol. The Labute approximate surface area is 299 Å². The summed E-state index contributed by atoms with van der Waals surface area (Å²) in [6.45, 7) is 4.54. The predicted octanol–water partition coefficient (Wildman–Crippen LogP) is 8.08. The molecule has 1 saturated heterocycles. The molecule has 0 amide bonds. The van der Waals surface area contributed by atoms with Crippen molar-refractivity contribution in [1.82, 2.24) is 0 Å². The van der Waals surface area contributed by atoms with Crippen LogP contribution < -0.4 is 0 Å². The van der Waals surface area contributed by atoms with Crippen molar-refractivity contribution in [3.63, 3.8) is 0 Å². The Morgan fingerprint density at radius 3 is 1.67 bits per heavy atom. The van der Waals surface area contributed by atoms with Crippen LogP contribution in [0, 0.1) is 0 Å². The summed E-state index contributed by atoms with van der Waals surface area (Å²) in [6, 6.07) is 0. The summed E-state index contributed by atoms with van der Waals surface area (Å²) in [7, 11) is 0. The lowest BCUT2D eigenvalue weighted by Crippen LogP contribution is -2.59. The maximum atomic E-state index is 12.7. The highest BCUT2D eigenvalue weighted by Gasteiger charge is 2.44. The summed E-state index contributed by atoms with van der Waals surface area (Å²) in [4.78, 5) is 12.7. The van der Waals surface area contributed by atoms with Crippen LogP contribution in [0.4, 0.5) is 0 Å². The summed E-state index contributed by atoms with van der Waals surface area (Å²) in [5, 5.41) is 40.0. The molecular formula is C40H76O9. The van der Waals surface area contributed by atoms with Crippen molar-refractivity contribution < 1.29 is 44.2 Å². The van der Waals surface area contributed by atoms with Crippen molar-refractivity contribution >= 4 is 5.97 Å². The fourth-order valence-corrected chi connectivity index (χ4v) is 6.19. The number of aliphatic hydroxyl groups is 4. The molecule has 1 heterocycles. The van der Waals surface area contributed by atoms with E-state index in [0.29, 0.717) is 13.0 Å². The number of ether oxygens (including phenoxy) is 4. The van der Waals surface area contributed by atoms with Crippen molar-refractivity contribution in [2.45, 2.75) is 211 Å². The largest absolute Gasteiger partial charge is 0.457 e. The molecule has 6 atom stereocenters. The van der Waals surface area contributed by atoms with Crippen LogP contribution in [0.15, 0.2) is 12.2 Å². The van der Waals surface area contributed by atoms with Gasteiger partial charge < -0.3 is 39.4 Å². The number of carbonyl (C=O) groups is 1. The van der Waals surface area contributed by atoms with E-state index in [2.05, 4.69) is 26.0 Å². The number of hydrogen-bond acceptors (Lipinski definition) is 9. The molecule has 9 heteroatoms. The summed E-state index contributed by atoms with van der Waals surface area (Å²) in [5.41, 5.74) is 0. The van der Waals surface area contributed by atoms with Crippen LogP contribution in [-0.4, -0.2) is 89.6 Å². The van der Waals surface area contributed by atoms with Crippen LogP contribution in [0.5, 0.6) is 0 Å². The molecule has 0 spiro atoms. The van der Waals surface area contributed by atoms with Crippen LogP contribution in [-0.2, 0) is 23.7 Å². The second-order valence-corrected chi connectivity index (χ2v) is 14.1. The number of unbranched alkanes of at least 4 members (excludes halogenated alkanes) is 21. The van der Waals surface area contributed by atoms with Crippen LogP contribution in [0.1, 0.15) is 174 Å². The molecule has 4 N–H and O–H groups in total. The Kier molecular flexibility index (Phi) is 30.8. The van der Waals surface area contributed by atoms with E-state index in [1.165, 1.54) is 109 Å². The van der Waals surface area contributed by atoms with Crippen molar-refractivity contribution in [1.29, 1.82) is 0 Å². The number of esters is 1. The molecule has 1 rings (SSSR count). The van der Waals surface area contributed by atoms with Crippen LogP contribution in [0.25, 0.3) is 0 Å². The van der Waals surface area contributed by atoms with Crippen LogP contribution in [0.2, 0.25) is 0 Å². The van der Waals surface area contributed by atoms with Gasteiger partial charge in [-0.05, 0) is 38.5 Å². The third kappa shape index (κ3) is 24.7. The van der Waals surface area contributed by atoms with Crippen molar-refractivity contribution in [3.05, 3.63) is 12.2 Å². The van der Waals surface area contributed by atoms with E-state index in [1.54, 1.807) is 0 Å². The minimum atomic E-state index is -1.53. The highest BCUT2D eigenvalue weighted by atomic mass is 16.7. The molecule has 0 aromatic heterocycles. The van der Waals surface area contributed by atoms with Gasteiger partial charge in [0.15, 0.2) is 6.29 Å². The second-order valence-electron chi connectivity index (χ2n) is 14.1. The van der Waals surface area contributed by atoms with E-state index in [4.69, 9.17) is 18.9 Å². The summed E-state index contributed by atoms with van der Waals surface area (Å²) < 4.78 is 22.7. The molecule has 6 unspecified atom stereocenters. The fourth-order valence-electron chi connectivity index (χ4n) is 6.19. The van der Waals surface area contributed by atoms with Gasteiger partial charge in [-0.3, -0.25) is 4.79 Å². The summed E-state index contributed by atoms with van der Waals surface area (Å²) in [6.07, 6.45) is 26.6. The first kappa shape index (κ1) is 46.0. The number of carbonyl (C=O) groups excluding carboxylic acids is 1. The third-order valence-electron chi connectivity index (χ3n) is 9.43. The quantitative estimate of drug-likeness (QED) is 0.0299. The van der Waals surface area contributed by atoms with Gasteiger partial charge in [0, 0.05) is 13.0 Å². The molecule has 1 aliphatic heterocycles. The topological polar surface area (TPSA) is 135 Å². The first-order valence-corrected chi connectivity index (χ1v) is 20.3. The average Bonchev–Trinajstić information content (AvgIpc) is 3.10. The smallest absolute Gasteiger partial charge is 0.306 e. The van der Waals surface area contributed by atoms with E-state index in [-0.39, 0.29) is 19.2 Å². The lowest BCUT2D eigenvalue weighted by Gasteiger charge is -2.39. The number of rotatable bonds is 34. The monoisotopic (exact) mass is 701 g/mol. The Bertz CT molecular complexity index is 762. The Morgan fingerprint density at radius 1 is 0.633 bits per heavy atom. The molecule has 0 bridgehead atoms. The SMILES string of the molecule is CCCCCC/C=C\CCCCCCCC(=O)OC(COCCCCCCCCCCCCCCC)COC1OC(CO)C(O)C(O)C1O. The molecule has 49 heavy (non-hydrogen) atoms. The highest BCUT2D eigenvalue weighted by molar-refractivity contribution is 5.69. The van der Waals surface area contributed by atoms with Gasteiger partial charge in [-0.15, -0.1) is 0 Å². The molecule has 0 aliphatic carbocycles. The molecule has 9 nitrogen and oxygen atoms in total. The number of hydrogen-bond donors (Lipinski definition) is 4. The van der Waals surface area contributed by atoms with E-state index in [1.807, 2.05) is 0 Å². The van der Waals surface area contributed by atoms with Gasteiger partial charge in [0.1, 0.15) is 30.5 Å². The standard InChI is InChI=1S/C40H76O9/c1-3-5-7-9-11-13-15-17-19-21-23-25-27-29-36(42)48-34(33-47-40-39(45)38(44)37(43)35(31-41)49-40)32-46-30-28-26-24-22-20-18-16-14-12-10-8-6-4-2/h13,15,34-35,37-41,43-45H,3-12,14,16-33H2,1-2H3/b15-13-. The van der Waals surface area contributed by atoms with Crippen molar-refractivity contribution in [3.8, 4) is 0 Å². The summed E-state index contributed by atoms with van der Waals surface area (Å²) >= 11 is 0. The Hall–Kier alpha value is -1.07. The van der Waals surface area contributed by atoms with E-state index >= 15 is 0 Å². The number of aliphatic hydroxyl groups excluding tert-OH is 4. The van der Waals surface area contributed by atoms with Gasteiger partial charge in [0.25, 0.3) is 0 Å². The maximum absolute atomic E-state index is 12.7. The fraction of sp³-hybridized carbons (Fsp3) is 0.925. The van der Waals surface area contributed by atoms with Gasteiger partial charge in [-0.1, -0.05) is 142 Å². The Morgan fingerprint density at radius 2 is 1.12 bits per heavy atom. The third-order valence-corrected chi connectivity index (χ3v) is 9.43. The lowest BCUT2D eigenvalue weighted by molar-refractivity contribution is -0.305. The van der Waals surface area contributed by atoms with E-state index in [0.717, 1.165) is 44.9 Å². The summed E-state index contributed by atoms with van der Waals surface area (Å²) in [5.74, 6) is -0.321. The van der Waals surface area contributed by atoms with Gasteiger partial charge in [0.2, 0.25) is 0 Å². The zero-order valence-electron chi connectivity index (χ0n) is 31.5. The zero-order valence-corrected chi connectivity index (χ0v) is 31.5. The molecule has 1 fully saturated rings. The van der Waals surface area contributed by atoms with E-state index in [9.17, 15) is 25.2 Å². The first-order chi connectivity index (χ1) is 23.9. The van der Waals surface area contributed by atoms with Gasteiger partial charge in [-0.25, -0.2) is 0 Å². The van der Waals surface area contributed by atoms with Crippen LogP contribution >= 0.6 is 0 Å². The molecule has 290 valence electrons. The molecule has 1 aliphatic rings. The van der Waals surface area contributed by atoms with Crippen molar-refractivity contribution in [2.24, 2.45) is 0 Å². The zero-order chi connectivity index (χ0) is 35.8. The highest BCUT2D eigenvalue weighted by Crippen LogP contribution is 2.22. The normalized spacial score (nSPS) is 21.8. The lowest BCUT2D eigenvalue weighted by atomic mass is 9.99. The molecule has 0 aromatic rings. The average molecular weight is 701 g/mol. The maximum Gasteiger partial charge on any atom is 0.306 e. The molecule has 0 saturated carbocycles.